The van der Waals surface area contributed by atoms with Crippen LogP contribution in [0.4, 0.5) is 0 Å². The second-order valence-electron chi connectivity index (χ2n) is 5.53. The molecule has 1 aromatic rings. The average molecular weight is 260 g/mol. The number of Topliss-reactive ketones (excluding diaryl/α,β-unsaturated/α-hetero) is 2. The third kappa shape index (κ3) is 2.86. The Kier molecular flexibility index (Phi) is 4.03. The van der Waals surface area contributed by atoms with Gasteiger partial charge in [0.2, 0.25) is 0 Å². The predicted molar refractivity (Wildman–Crippen MR) is 73.4 cm³/mol. The van der Waals surface area contributed by atoms with Crippen LogP contribution in [0, 0.1) is 11.8 Å². The number of para-hydroxylation sites is 1. The van der Waals surface area contributed by atoms with Crippen molar-refractivity contribution in [1.29, 1.82) is 0 Å². The van der Waals surface area contributed by atoms with Crippen LogP contribution in [-0.2, 0) is 4.79 Å². The lowest BCUT2D eigenvalue weighted by Crippen LogP contribution is -2.41. The molecule has 0 fully saturated rings. The standard InChI is InChI=1S/C16H20O3/c1-10(2)16-13(9-8-11(3)17)15(18)12-6-4-5-7-14(12)19-16/h4-7,10,13,16H,8-9H2,1-3H3. The lowest BCUT2D eigenvalue weighted by molar-refractivity contribution is -0.117. The van der Waals surface area contributed by atoms with Crippen molar-refractivity contribution in [2.75, 3.05) is 0 Å². The van der Waals surface area contributed by atoms with Gasteiger partial charge in [-0.3, -0.25) is 4.79 Å². The quantitative estimate of drug-likeness (QED) is 0.834. The summed E-state index contributed by atoms with van der Waals surface area (Å²) in [6, 6.07) is 7.36. The molecule has 0 saturated heterocycles. The summed E-state index contributed by atoms with van der Waals surface area (Å²) >= 11 is 0. The van der Waals surface area contributed by atoms with E-state index in [0.717, 1.165) is 0 Å². The summed E-state index contributed by atoms with van der Waals surface area (Å²) in [5.74, 6) is 0.939. The SMILES string of the molecule is CC(=O)CCC1C(=O)c2ccccc2OC1C(C)C. The number of carbonyl (C=O) groups excluding carboxylic acids is 2. The highest BCUT2D eigenvalue weighted by atomic mass is 16.5. The highest BCUT2D eigenvalue weighted by Crippen LogP contribution is 2.35. The zero-order chi connectivity index (χ0) is 14.0. The molecule has 0 aromatic heterocycles. The molecule has 1 heterocycles. The van der Waals surface area contributed by atoms with Crippen LogP contribution in [0.5, 0.6) is 5.75 Å². The van der Waals surface area contributed by atoms with Crippen molar-refractivity contribution < 1.29 is 14.3 Å². The Hall–Kier alpha value is -1.64. The molecule has 0 spiro atoms. The van der Waals surface area contributed by atoms with E-state index in [1.807, 2.05) is 32.0 Å². The molecule has 2 unspecified atom stereocenters. The maximum Gasteiger partial charge on any atom is 0.173 e. The van der Waals surface area contributed by atoms with Crippen molar-refractivity contribution in [3.05, 3.63) is 29.8 Å². The van der Waals surface area contributed by atoms with E-state index in [2.05, 4.69) is 0 Å². The molecule has 0 N–H and O–H groups in total. The zero-order valence-corrected chi connectivity index (χ0v) is 11.7. The first kappa shape index (κ1) is 13.8. The van der Waals surface area contributed by atoms with E-state index in [4.69, 9.17) is 4.74 Å². The van der Waals surface area contributed by atoms with Gasteiger partial charge < -0.3 is 9.53 Å². The van der Waals surface area contributed by atoms with E-state index in [9.17, 15) is 9.59 Å². The van der Waals surface area contributed by atoms with Crippen LogP contribution >= 0.6 is 0 Å². The van der Waals surface area contributed by atoms with Crippen molar-refractivity contribution >= 4 is 11.6 Å². The molecular formula is C16H20O3. The van der Waals surface area contributed by atoms with Crippen LogP contribution in [0.2, 0.25) is 0 Å². The Morgan fingerprint density at radius 2 is 2.00 bits per heavy atom. The molecule has 102 valence electrons. The van der Waals surface area contributed by atoms with Gasteiger partial charge in [-0.05, 0) is 31.4 Å². The van der Waals surface area contributed by atoms with E-state index < -0.39 is 0 Å². The topological polar surface area (TPSA) is 43.4 Å². The van der Waals surface area contributed by atoms with Crippen molar-refractivity contribution in [2.24, 2.45) is 11.8 Å². The van der Waals surface area contributed by atoms with E-state index in [-0.39, 0.29) is 29.5 Å². The number of ether oxygens (including phenoxy) is 1. The van der Waals surface area contributed by atoms with Crippen molar-refractivity contribution in [1.82, 2.24) is 0 Å². The molecule has 3 nitrogen and oxygen atoms in total. The van der Waals surface area contributed by atoms with Crippen LogP contribution in [0.25, 0.3) is 0 Å². The molecule has 2 atom stereocenters. The highest BCUT2D eigenvalue weighted by molar-refractivity contribution is 6.01. The lowest BCUT2D eigenvalue weighted by Gasteiger charge is -2.34. The molecule has 2 rings (SSSR count). The average Bonchev–Trinajstić information content (AvgIpc) is 2.37. The first-order chi connectivity index (χ1) is 9.00. The van der Waals surface area contributed by atoms with Crippen LogP contribution in [0.3, 0.4) is 0 Å². The van der Waals surface area contributed by atoms with Gasteiger partial charge in [0.15, 0.2) is 5.78 Å². The molecular weight excluding hydrogens is 240 g/mol. The van der Waals surface area contributed by atoms with Gasteiger partial charge in [0.05, 0.1) is 11.5 Å². The van der Waals surface area contributed by atoms with Gasteiger partial charge in [-0.15, -0.1) is 0 Å². The Labute approximate surface area is 114 Å². The minimum atomic E-state index is -0.209. The minimum absolute atomic E-state index is 0.113. The van der Waals surface area contributed by atoms with E-state index in [1.54, 1.807) is 13.0 Å². The summed E-state index contributed by atoms with van der Waals surface area (Å²) in [6.07, 6.45) is 0.873. The van der Waals surface area contributed by atoms with E-state index in [1.165, 1.54) is 0 Å². The summed E-state index contributed by atoms with van der Waals surface area (Å²) in [6.45, 7) is 5.66. The Morgan fingerprint density at radius 1 is 1.32 bits per heavy atom. The molecule has 19 heavy (non-hydrogen) atoms. The number of fused-ring (bicyclic) bond motifs is 1. The first-order valence-electron chi connectivity index (χ1n) is 6.80. The van der Waals surface area contributed by atoms with Gasteiger partial charge in [-0.1, -0.05) is 26.0 Å². The first-order valence-corrected chi connectivity index (χ1v) is 6.80. The Bertz CT molecular complexity index is 491. The van der Waals surface area contributed by atoms with Crippen LogP contribution in [-0.4, -0.2) is 17.7 Å². The number of benzene rings is 1. The van der Waals surface area contributed by atoms with Crippen molar-refractivity contribution in [2.45, 2.75) is 39.7 Å². The van der Waals surface area contributed by atoms with Crippen molar-refractivity contribution in [3.8, 4) is 5.75 Å². The van der Waals surface area contributed by atoms with Gasteiger partial charge in [-0.2, -0.15) is 0 Å². The van der Waals surface area contributed by atoms with Gasteiger partial charge in [0, 0.05) is 6.42 Å². The molecule has 0 bridgehead atoms. The number of ketones is 2. The third-order valence-corrected chi connectivity index (χ3v) is 3.61. The summed E-state index contributed by atoms with van der Waals surface area (Å²) in [5.41, 5.74) is 0.646. The molecule has 1 aliphatic rings. The minimum Gasteiger partial charge on any atom is -0.489 e. The third-order valence-electron chi connectivity index (χ3n) is 3.61. The fourth-order valence-electron chi connectivity index (χ4n) is 2.61. The summed E-state index contributed by atoms with van der Waals surface area (Å²) in [7, 11) is 0. The second kappa shape index (κ2) is 5.55. The monoisotopic (exact) mass is 260 g/mol. The Balaban J connectivity index is 2.29. The smallest absolute Gasteiger partial charge is 0.173 e. The summed E-state index contributed by atoms with van der Waals surface area (Å²) in [5, 5.41) is 0. The Morgan fingerprint density at radius 3 is 2.63 bits per heavy atom. The van der Waals surface area contributed by atoms with Crippen LogP contribution in [0.15, 0.2) is 24.3 Å². The maximum absolute atomic E-state index is 12.6. The van der Waals surface area contributed by atoms with E-state index in [0.29, 0.717) is 24.2 Å². The van der Waals surface area contributed by atoms with Crippen LogP contribution in [0.1, 0.15) is 44.0 Å². The molecule has 0 radical (unpaired) electrons. The number of carbonyl (C=O) groups is 2. The number of hydrogen-bond acceptors (Lipinski definition) is 3. The summed E-state index contributed by atoms with van der Waals surface area (Å²) in [4.78, 5) is 23.7. The molecule has 1 aromatic carbocycles. The maximum atomic E-state index is 12.6. The highest BCUT2D eigenvalue weighted by Gasteiger charge is 2.38. The second-order valence-corrected chi connectivity index (χ2v) is 5.53. The molecule has 0 amide bonds. The largest absolute Gasteiger partial charge is 0.489 e. The number of rotatable bonds is 4. The fraction of sp³-hybridized carbons (Fsp3) is 0.500. The molecule has 0 saturated carbocycles. The molecule has 1 aliphatic heterocycles. The van der Waals surface area contributed by atoms with Gasteiger partial charge in [0.25, 0.3) is 0 Å². The zero-order valence-electron chi connectivity index (χ0n) is 11.7. The molecule has 0 aliphatic carbocycles. The van der Waals surface area contributed by atoms with Gasteiger partial charge in [-0.25, -0.2) is 0 Å². The van der Waals surface area contributed by atoms with Crippen LogP contribution < -0.4 is 4.74 Å². The van der Waals surface area contributed by atoms with E-state index >= 15 is 0 Å². The van der Waals surface area contributed by atoms with Crippen molar-refractivity contribution in [3.63, 3.8) is 0 Å². The number of hydrogen-bond donors (Lipinski definition) is 0. The van der Waals surface area contributed by atoms with Gasteiger partial charge in [0.1, 0.15) is 17.6 Å². The lowest BCUT2D eigenvalue weighted by atomic mass is 9.81. The normalized spacial score (nSPS) is 22.0. The summed E-state index contributed by atoms with van der Waals surface area (Å²) < 4.78 is 5.98. The molecule has 3 heteroatoms. The fourth-order valence-corrected chi connectivity index (χ4v) is 2.61. The van der Waals surface area contributed by atoms with Gasteiger partial charge >= 0.3 is 0 Å². The predicted octanol–water partition coefficient (Wildman–Crippen LogP) is 3.27.